The van der Waals surface area contributed by atoms with E-state index >= 15 is 0 Å². The van der Waals surface area contributed by atoms with Gasteiger partial charge in [-0.2, -0.15) is 0 Å². The Hall–Kier alpha value is -2.17. The van der Waals surface area contributed by atoms with Crippen LogP contribution in [0.3, 0.4) is 0 Å². The Morgan fingerprint density at radius 3 is 2.21 bits per heavy atom. The van der Waals surface area contributed by atoms with Gasteiger partial charge in [0.05, 0.1) is 12.6 Å². The van der Waals surface area contributed by atoms with Gasteiger partial charge in [-0.15, -0.1) is 0 Å². The summed E-state index contributed by atoms with van der Waals surface area (Å²) < 4.78 is 11.6. The maximum Gasteiger partial charge on any atom is 0.257 e. The van der Waals surface area contributed by atoms with E-state index in [2.05, 4.69) is 0 Å². The highest BCUT2D eigenvalue weighted by Gasteiger charge is 2.54. The Kier molecular flexibility index (Phi) is 3.66. The van der Waals surface area contributed by atoms with Gasteiger partial charge in [-0.1, -0.05) is 60.7 Å². The molecule has 4 rings (SSSR count). The Morgan fingerprint density at radius 1 is 1.00 bits per heavy atom. The third-order valence-corrected chi connectivity index (χ3v) is 4.77. The zero-order valence-corrected chi connectivity index (χ0v) is 13.9. The van der Waals surface area contributed by atoms with Gasteiger partial charge >= 0.3 is 0 Å². The zero-order valence-electron chi connectivity index (χ0n) is 13.9. The molecule has 0 aromatic heterocycles. The summed E-state index contributed by atoms with van der Waals surface area (Å²) in [6.07, 6.45) is -0.564. The van der Waals surface area contributed by atoms with E-state index in [1.807, 2.05) is 79.4 Å². The monoisotopic (exact) mass is 323 g/mol. The Morgan fingerprint density at radius 2 is 1.58 bits per heavy atom. The van der Waals surface area contributed by atoms with Crippen LogP contribution in [0, 0.1) is 0 Å². The Labute approximate surface area is 142 Å². The third-order valence-electron chi connectivity index (χ3n) is 4.77. The second-order valence-corrected chi connectivity index (χ2v) is 6.78. The quantitative estimate of drug-likeness (QED) is 0.812. The van der Waals surface area contributed by atoms with Gasteiger partial charge in [0, 0.05) is 0 Å². The molecule has 2 heterocycles. The second-order valence-electron chi connectivity index (χ2n) is 6.78. The summed E-state index contributed by atoms with van der Waals surface area (Å²) in [6, 6.07) is 19.9. The number of amides is 1. The number of ether oxygens (including phenoxy) is 2. The van der Waals surface area contributed by atoms with Crippen LogP contribution in [0.2, 0.25) is 0 Å². The van der Waals surface area contributed by atoms with Crippen molar-refractivity contribution in [2.45, 2.75) is 37.8 Å². The van der Waals surface area contributed by atoms with Gasteiger partial charge in [-0.3, -0.25) is 4.79 Å². The van der Waals surface area contributed by atoms with Crippen molar-refractivity contribution in [2.75, 3.05) is 6.61 Å². The van der Waals surface area contributed by atoms with Crippen molar-refractivity contribution in [3.05, 3.63) is 71.8 Å². The molecule has 3 atom stereocenters. The minimum atomic E-state index is -0.634. The summed E-state index contributed by atoms with van der Waals surface area (Å²) in [5.74, 6) is 0.000191. The maximum absolute atomic E-state index is 13.1. The molecule has 2 aliphatic rings. The summed E-state index contributed by atoms with van der Waals surface area (Å²) in [6.45, 7) is 4.38. The van der Waals surface area contributed by atoms with Gasteiger partial charge in [0.1, 0.15) is 11.8 Å². The van der Waals surface area contributed by atoms with Gasteiger partial charge in [0.15, 0.2) is 6.10 Å². The second kappa shape index (κ2) is 5.72. The molecule has 2 aromatic carbocycles. The molecule has 2 aromatic rings. The van der Waals surface area contributed by atoms with Gasteiger partial charge in [0.2, 0.25) is 0 Å². The molecule has 0 N–H and O–H groups in total. The highest BCUT2D eigenvalue weighted by molar-refractivity contribution is 5.85. The first-order chi connectivity index (χ1) is 11.6. The third kappa shape index (κ3) is 2.62. The number of carbonyl (C=O) groups is 1. The number of hydrogen-bond acceptors (Lipinski definition) is 3. The molecule has 0 radical (unpaired) electrons. The predicted octanol–water partition coefficient (Wildman–Crippen LogP) is 3.46. The lowest BCUT2D eigenvalue weighted by Crippen LogP contribution is -2.46. The van der Waals surface area contributed by atoms with Crippen LogP contribution in [0.15, 0.2) is 60.7 Å². The lowest BCUT2D eigenvalue weighted by Gasteiger charge is -2.33. The van der Waals surface area contributed by atoms with Crippen molar-refractivity contribution >= 4 is 5.91 Å². The largest absolute Gasteiger partial charge is 0.354 e. The molecule has 24 heavy (non-hydrogen) atoms. The smallest absolute Gasteiger partial charge is 0.257 e. The topological polar surface area (TPSA) is 42.1 Å². The van der Waals surface area contributed by atoms with Crippen molar-refractivity contribution in [3.63, 3.8) is 0 Å². The van der Waals surface area contributed by atoms with E-state index in [9.17, 15) is 4.79 Å². The Balaban J connectivity index is 1.58. The van der Waals surface area contributed by atoms with Crippen molar-refractivity contribution < 1.29 is 14.3 Å². The first-order valence-electron chi connectivity index (χ1n) is 8.30. The molecule has 1 amide bonds. The lowest BCUT2D eigenvalue weighted by atomic mass is 10.0. The van der Waals surface area contributed by atoms with Crippen molar-refractivity contribution in [2.24, 2.45) is 0 Å². The average molecular weight is 323 g/mol. The minimum absolute atomic E-state index is 0.000191. The first kappa shape index (κ1) is 15.4. The van der Waals surface area contributed by atoms with Gasteiger partial charge < -0.3 is 14.4 Å². The van der Waals surface area contributed by atoms with Crippen molar-refractivity contribution in [3.8, 4) is 0 Å². The molecule has 0 saturated carbocycles. The number of nitrogens with zero attached hydrogens (tertiary/aromatic N) is 1. The fraction of sp³-hybridized carbons (Fsp3) is 0.350. The van der Waals surface area contributed by atoms with E-state index in [0.717, 1.165) is 11.1 Å². The van der Waals surface area contributed by atoms with E-state index in [0.29, 0.717) is 6.61 Å². The number of hydrogen-bond donors (Lipinski definition) is 0. The van der Waals surface area contributed by atoms with Crippen LogP contribution in [0.5, 0.6) is 0 Å². The van der Waals surface area contributed by atoms with E-state index in [1.165, 1.54) is 0 Å². The van der Waals surface area contributed by atoms with E-state index in [-0.39, 0.29) is 18.1 Å². The summed E-state index contributed by atoms with van der Waals surface area (Å²) >= 11 is 0. The highest BCUT2D eigenvalue weighted by Crippen LogP contribution is 2.44. The molecule has 4 heteroatoms. The van der Waals surface area contributed by atoms with Crippen LogP contribution in [-0.2, 0) is 14.3 Å². The van der Waals surface area contributed by atoms with Gasteiger partial charge in [-0.25, -0.2) is 0 Å². The van der Waals surface area contributed by atoms with Crippen molar-refractivity contribution in [1.29, 1.82) is 0 Å². The van der Waals surface area contributed by atoms with Crippen LogP contribution in [0.4, 0.5) is 0 Å². The number of carbonyl (C=O) groups excluding carboxylic acids is 1. The van der Waals surface area contributed by atoms with Gasteiger partial charge in [-0.05, 0) is 25.0 Å². The SMILES string of the molecule is CC1(C)OC[C@@H](c2ccccc2)N1C(=O)[C@@H]1O[C@H]1c1ccccc1. The number of epoxide rings is 1. The molecule has 4 nitrogen and oxygen atoms in total. The summed E-state index contributed by atoms with van der Waals surface area (Å²) in [7, 11) is 0. The van der Waals surface area contributed by atoms with Crippen molar-refractivity contribution in [1.82, 2.24) is 4.90 Å². The summed E-state index contributed by atoms with van der Waals surface area (Å²) in [5.41, 5.74) is 1.50. The highest BCUT2D eigenvalue weighted by atomic mass is 16.6. The molecular weight excluding hydrogens is 302 g/mol. The Bertz CT molecular complexity index is 729. The molecular formula is C20H21NO3. The number of benzene rings is 2. The number of rotatable bonds is 3. The molecule has 0 spiro atoms. The van der Waals surface area contributed by atoms with E-state index in [4.69, 9.17) is 9.47 Å². The minimum Gasteiger partial charge on any atom is -0.354 e. The average Bonchev–Trinajstić information content (AvgIpc) is 3.34. The lowest BCUT2D eigenvalue weighted by molar-refractivity contribution is -0.147. The van der Waals surface area contributed by atoms with Crippen LogP contribution >= 0.6 is 0 Å². The molecule has 0 unspecified atom stereocenters. The fourth-order valence-corrected chi connectivity index (χ4v) is 3.48. The molecule has 2 fully saturated rings. The standard InChI is InChI=1S/C20H21NO3/c1-20(2)21(16(13-23-20)14-9-5-3-6-10-14)19(22)18-17(24-18)15-11-7-4-8-12-15/h3-12,16-18H,13H2,1-2H3/t16-,17-,18+/m0/s1. The van der Waals surface area contributed by atoms with Crippen LogP contribution in [0.25, 0.3) is 0 Å². The fourth-order valence-electron chi connectivity index (χ4n) is 3.48. The predicted molar refractivity (Wildman–Crippen MR) is 90.1 cm³/mol. The zero-order chi connectivity index (χ0) is 16.7. The maximum atomic E-state index is 13.1. The molecule has 2 saturated heterocycles. The summed E-state index contributed by atoms with van der Waals surface area (Å²) in [4.78, 5) is 15.0. The van der Waals surface area contributed by atoms with E-state index in [1.54, 1.807) is 0 Å². The van der Waals surface area contributed by atoms with Crippen LogP contribution < -0.4 is 0 Å². The van der Waals surface area contributed by atoms with Crippen LogP contribution in [-0.4, -0.2) is 29.2 Å². The molecule has 124 valence electrons. The van der Waals surface area contributed by atoms with Gasteiger partial charge in [0.25, 0.3) is 5.91 Å². The van der Waals surface area contributed by atoms with Crippen LogP contribution in [0.1, 0.15) is 37.1 Å². The molecule has 0 bridgehead atoms. The molecule has 2 aliphatic heterocycles. The molecule has 0 aliphatic carbocycles. The first-order valence-corrected chi connectivity index (χ1v) is 8.30. The normalized spacial score (nSPS) is 27.9. The van der Waals surface area contributed by atoms with E-state index < -0.39 is 11.8 Å². The summed E-state index contributed by atoms with van der Waals surface area (Å²) in [5, 5.41) is 0.